The van der Waals surface area contributed by atoms with Crippen LogP contribution in [0.25, 0.3) is 0 Å². The van der Waals surface area contributed by atoms with Crippen molar-refractivity contribution in [2.45, 2.75) is 18.3 Å². The number of carbonyl (C=O) groups is 1. The monoisotopic (exact) mass is 250 g/mol. The lowest BCUT2D eigenvalue weighted by Gasteiger charge is -2.37. The molecule has 2 saturated heterocycles. The molecule has 3 rings (SSSR count). The number of carbonyl (C=O) groups excluding carboxylic acids is 1. The van der Waals surface area contributed by atoms with Crippen LogP contribution in [0.5, 0.6) is 0 Å². The Morgan fingerprint density at radius 3 is 2.67 bits per heavy atom. The molecule has 3 aliphatic rings. The number of piperazine rings is 1. The van der Waals surface area contributed by atoms with Crippen LogP contribution in [-0.2, 0) is 14.3 Å². The highest BCUT2D eigenvalue weighted by atomic mass is 16.6. The molecule has 0 aromatic carbocycles. The maximum atomic E-state index is 12.3. The first kappa shape index (κ1) is 11.9. The average Bonchev–Trinajstić information content (AvgIpc) is 2.47. The van der Waals surface area contributed by atoms with Crippen molar-refractivity contribution in [3.63, 3.8) is 0 Å². The first-order valence-electron chi connectivity index (χ1n) is 6.46. The fourth-order valence-electron chi connectivity index (χ4n) is 2.49. The van der Waals surface area contributed by atoms with Crippen LogP contribution >= 0.6 is 0 Å². The zero-order valence-electron chi connectivity index (χ0n) is 10.2. The fraction of sp³-hybridized carbons (Fsp3) is 0.615. The molecule has 1 aliphatic carbocycles. The molecule has 1 N–H and O–H groups in total. The highest BCUT2D eigenvalue weighted by Crippen LogP contribution is 2.21. The summed E-state index contributed by atoms with van der Waals surface area (Å²) < 4.78 is 11.5. The summed E-state index contributed by atoms with van der Waals surface area (Å²) in [7, 11) is 0. The van der Waals surface area contributed by atoms with E-state index in [2.05, 4.69) is 5.32 Å². The SMILES string of the molecule is O=C([C@@H]1CO[C@H]2C=CC=C[C@H]2O1)N1CCNCC1. The first-order valence-corrected chi connectivity index (χ1v) is 6.46. The van der Waals surface area contributed by atoms with Gasteiger partial charge < -0.3 is 19.7 Å². The molecule has 2 fully saturated rings. The maximum Gasteiger partial charge on any atom is 0.254 e. The predicted molar refractivity (Wildman–Crippen MR) is 66.1 cm³/mol. The molecule has 18 heavy (non-hydrogen) atoms. The topological polar surface area (TPSA) is 50.8 Å². The normalized spacial score (nSPS) is 35.3. The lowest BCUT2D eigenvalue weighted by molar-refractivity contribution is -0.177. The van der Waals surface area contributed by atoms with Gasteiger partial charge in [-0.25, -0.2) is 0 Å². The third-order valence-corrected chi connectivity index (χ3v) is 3.50. The number of hydrogen-bond donors (Lipinski definition) is 1. The molecule has 0 aromatic rings. The van der Waals surface area contributed by atoms with Gasteiger partial charge in [0.1, 0.15) is 12.2 Å². The van der Waals surface area contributed by atoms with Gasteiger partial charge >= 0.3 is 0 Å². The van der Waals surface area contributed by atoms with E-state index in [1.54, 1.807) is 0 Å². The molecule has 2 aliphatic heterocycles. The standard InChI is InChI=1S/C13H18N2O3/c16-13(15-7-5-14-6-8-15)12-9-17-10-3-1-2-4-11(10)18-12/h1-4,10-12,14H,5-9H2/t10-,11+,12-/m0/s1. The molecule has 2 heterocycles. The number of fused-ring (bicyclic) bond motifs is 1. The minimum Gasteiger partial charge on any atom is -0.368 e. The molecule has 0 bridgehead atoms. The van der Waals surface area contributed by atoms with Gasteiger partial charge in [0.15, 0.2) is 6.10 Å². The van der Waals surface area contributed by atoms with Crippen LogP contribution in [0.1, 0.15) is 0 Å². The Bertz CT molecular complexity index is 374. The molecule has 1 amide bonds. The fourth-order valence-corrected chi connectivity index (χ4v) is 2.49. The molecular formula is C13H18N2O3. The number of hydrogen-bond acceptors (Lipinski definition) is 4. The molecule has 0 aromatic heterocycles. The van der Waals surface area contributed by atoms with Crippen molar-refractivity contribution in [3.05, 3.63) is 24.3 Å². The Morgan fingerprint density at radius 2 is 1.89 bits per heavy atom. The average molecular weight is 250 g/mol. The number of nitrogens with one attached hydrogen (secondary N) is 1. The number of nitrogens with zero attached hydrogens (tertiary/aromatic N) is 1. The molecule has 0 saturated carbocycles. The molecule has 0 spiro atoms. The van der Waals surface area contributed by atoms with Gasteiger partial charge in [-0.1, -0.05) is 24.3 Å². The van der Waals surface area contributed by atoms with E-state index in [1.165, 1.54) is 0 Å². The highest BCUT2D eigenvalue weighted by Gasteiger charge is 2.35. The number of allylic oxidation sites excluding steroid dienone is 2. The van der Waals surface area contributed by atoms with Gasteiger partial charge in [-0.3, -0.25) is 4.79 Å². The lowest BCUT2D eigenvalue weighted by Crippen LogP contribution is -2.54. The number of rotatable bonds is 1. The first-order chi connectivity index (χ1) is 8.84. The maximum absolute atomic E-state index is 12.3. The smallest absolute Gasteiger partial charge is 0.254 e. The number of amides is 1. The summed E-state index contributed by atoms with van der Waals surface area (Å²) in [4.78, 5) is 14.1. The van der Waals surface area contributed by atoms with Crippen molar-refractivity contribution in [1.29, 1.82) is 0 Å². The van der Waals surface area contributed by atoms with Gasteiger partial charge in [-0.05, 0) is 0 Å². The summed E-state index contributed by atoms with van der Waals surface area (Å²) in [6.45, 7) is 3.56. The minimum absolute atomic E-state index is 0.0397. The van der Waals surface area contributed by atoms with E-state index < -0.39 is 6.10 Å². The summed E-state index contributed by atoms with van der Waals surface area (Å²) in [5.41, 5.74) is 0. The second-order valence-corrected chi connectivity index (χ2v) is 4.73. The van der Waals surface area contributed by atoms with E-state index in [0.29, 0.717) is 6.61 Å². The van der Waals surface area contributed by atoms with Crippen LogP contribution in [0.2, 0.25) is 0 Å². The molecule has 5 nitrogen and oxygen atoms in total. The summed E-state index contributed by atoms with van der Waals surface area (Å²) in [5.74, 6) is 0.0536. The second-order valence-electron chi connectivity index (χ2n) is 4.73. The van der Waals surface area contributed by atoms with Gasteiger partial charge in [0.05, 0.1) is 6.61 Å². The van der Waals surface area contributed by atoms with Crippen LogP contribution in [0.15, 0.2) is 24.3 Å². The Hall–Kier alpha value is -1.17. The van der Waals surface area contributed by atoms with E-state index in [1.807, 2.05) is 29.2 Å². The zero-order chi connectivity index (χ0) is 12.4. The van der Waals surface area contributed by atoms with Crippen molar-refractivity contribution in [3.8, 4) is 0 Å². The summed E-state index contributed by atoms with van der Waals surface area (Å²) in [6.07, 6.45) is 7.17. The third kappa shape index (κ3) is 2.34. The van der Waals surface area contributed by atoms with E-state index in [4.69, 9.17) is 9.47 Å². The molecule has 98 valence electrons. The molecule has 0 radical (unpaired) electrons. The van der Waals surface area contributed by atoms with Crippen molar-refractivity contribution in [1.82, 2.24) is 10.2 Å². The zero-order valence-corrected chi connectivity index (χ0v) is 10.2. The third-order valence-electron chi connectivity index (χ3n) is 3.50. The van der Waals surface area contributed by atoms with Gasteiger partial charge in [0.25, 0.3) is 5.91 Å². The van der Waals surface area contributed by atoms with Gasteiger partial charge in [0.2, 0.25) is 0 Å². The van der Waals surface area contributed by atoms with Crippen LogP contribution in [0.3, 0.4) is 0 Å². The quantitative estimate of drug-likeness (QED) is 0.694. The second kappa shape index (κ2) is 5.22. The van der Waals surface area contributed by atoms with Gasteiger partial charge in [-0.2, -0.15) is 0 Å². The summed E-state index contributed by atoms with van der Waals surface area (Å²) in [5, 5.41) is 3.23. The van der Waals surface area contributed by atoms with Crippen LogP contribution in [0, 0.1) is 0 Å². The van der Waals surface area contributed by atoms with E-state index in [0.717, 1.165) is 26.2 Å². The van der Waals surface area contributed by atoms with E-state index in [-0.39, 0.29) is 18.1 Å². The Morgan fingerprint density at radius 1 is 1.17 bits per heavy atom. The van der Waals surface area contributed by atoms with E-state index in [9.17, 15) is 4.79 Å². The van der Waals surface area contributed by atoms with Crippen molar-refractivity contribution in [2.24, 2.45) is 0 Å². The van der Waals surface area contributed by atoms with Crippen molar-refractivity contribution >= 4 is 5.91 Å². The lowest BCUT2D eigenvalue weighted by atomic mass is 10.1. The minimum atomic E-state index is -0.458. The Balaban J connectivity index is 1.61. The number of ether oxygens (including phenoxy) is 2. The largest absolute Gasteiger partial charge is 0.368 e. The summed E-state index contributed by atoms with van der Waals surface area (Å²) >= 11 is 0. The predicted octanol–water partition coefficient (Wildman–Crippen LogP) is -0.303. The van der Waals surface area contributed by atoms with Crippen LogP contribution in [0.4, 0.5) is 0 Å². The molecular weight excluding hydrogens is 232 g/mol. The van der Waals surface area contributed by atoms with Crippen LogP contribution in [-0.4, -0.2) is 61.9 Å². The highest BCUT2D eigenvalue weighted by molar-refractivity contribution is 5.81. The molecule has 0 unspecified atom stereocenters. The molecule has 5 heteroatoms. The van der Waals surface area contributed by atoms with Gasteiger partial charge in [0, 0.05) is 26.2 Å². The summed E-state index contributed by atoms with van der Waals surface area (Å²) in [6, 6.07) is 0. The Labute approximate surface area is 106 Å². The van der Waals surface area contributed by atoms with Crippen molar-refractivity contribution < 1.29 is 14.3 Å². The van der Waals surface area contributed by atoms with E-state index >= 15 is 0 Å². The Kier molecular flexibility index (Phi) is 3.45. The van der Waals surface area contributed by atoms with Gasteiger partial charge in [-0.15, -0.1) is 0 Å². The van der Waals surface area contributed by atoms with Crippen molar-refractivity contribution in [2.75, 3.05) is 32.8 Å². The van der Waals surface area contributed by atoms with Crippen LogP contribution < -0.4 is 5.32 Å². The molecule has 3 atom stereocenters.